The van der Waals surface area contributed by atoms with E-state index in [0.717, 1.165) is 28.0 Å². The molecule has 0 aliphatic heterocycles. The van der Waals surface area contributed by atoms with Crippen LogP contribution in [0.5, 0.6) is 5.75 Å². The summed E-state index contributed by atoms with van der Waals surface area (Å²) in [5.74, 6) is -4.03. The Morgan fingerprint density at radius 3 is 2.28 bits per heavy atom. The van der Waals surface area contributed by atoms with Crippen molar-refractivity contribution in [2.75, 3.05) is 5.01 Å². The molecule has 3 aromatic rings. The van der Waals surface area contributed by atoms with Gasteiger partial charge in [-0.2, -0.15) is 0 Å². The molecular weight excluding hydrogens is 598 g/mol. The molecule has 244 valence electrons. The number of ether oxygens (including phenoxy) is 2. The van der Waals surface area contributed by atoms with Gasteiger partial charge < -0.3 is 20.1 Å². The monoisotopic (exact) mass is 636 g/mol. The largest absolute Gasteiger partial charge is 0.482 e. The maximum absolute atomic E-state index is 14.3. The molecule has 2 atom stereocenters. The predicted octanol–water partition coefficient (Wildman–Crippen LogP) is 5.39. The third kappa shape index (κ3) is 8.90. The predicted molar refractivity (Wildman–Crippen MR) is 170 cm³/mol. The molecule has 0 saturated carbocycles. The average Bonchev–Trinajstić information content (AvgIpc) is 2.99. The topological polar surface area (TPSA) is 119 Å². The number of nitrogens with zero attached hydrogens (tertiary/aromatic N) is 2. The van der Waals surface area contributed by atoms with Crippen LogP contribution in [0.25, 0.3) is 0 Å². The van der Waals surface area contributed by atoms with Crippen LogP contribution in [0.1, 0.15) is 66.6 Å². The molecule has 2 N–H and O–H groups in total. The maximum atomic E-state index is 14.3. The summed E-state index contributed by atoms with van der Waals surface area (Å²) >= 11 is 0. The second kappa shape index (κ2) is 15.2. The van der Waals surface area contributed by atoms with Gasteiger partial charge in [0.1, 0.15) is 29.4 Å². The van der Waals surface area contributed by atoms with Gasteiger partial charge in [0.05, 0.1) is 6.04 Å². The molecule has 3 rings (SSSR count). The number of amides is 3. The lowest BCUT2D eigenvalue weighted by molar-refractivity contribution is 0.0525. The lowest BCUT2D eigenvalue weighted by Gasteiger charge is -2.33. The van der Waals surface area contributed by atoms with Crippen LogP contribution < -0.4 is 25.8 Å². The molecule has 2 aromatic carbocycles. The van der Waals surface area contributed by atoms with Crippen molar-refractivity contribution >= 4 is 17.9 Å². The van der Waals surface area contributed by atoms with Crippen molar-refractivity contribution in [2.24, 2.45) is 0 Å². The molecule has 10 nitrogen and oxygen atoms in total. The van der Waals surface area contributed by atoms with Crippen molar-refractivity contribution < 1.29 is 32.6 Å². The Kier molecular flexibility index (Phi) is 11.6. The lowest BCUT2D eigenvalue weighted by Crippen LogP contribution is -2.51. The quantitative estimate of drug-likeness (QED) is 0.258. The van der Waals surface area contributed by atoms with Gasteiger partial charge in [0.2, 0.25) is 5.43 Å². The van der Waals surface area contributed by atoms with E-state index < -0.39 is 76.2 Å². The first kappa shape index (κ1) is 35.2. The van der Waals surface area contributed by atoms with Crippen LogP contribution in [0, 0.1) is 11.6 Å². The highest BCUT2D eigenvalue weighted by Crippen LogP contribution is 2.22. The van der Waals surface area contributed by atoms with Crippen LogP contribution >= 0.6 is 0 Å². The summed E-state index contributed by atoms with van der Waals surface area (Å²) in [4.78, 5) is 55.0. The summed E-state index contributed by atoms with van der Waals surface area (Å²) in [6.45, 7) is 15.0. The molecule has 0 aliphatic rings. The lowest BCUT2D eigenvalue weighted by atomic mass is 10.1. The van der Waals surface area contributed by atoms with E-state index in [1.54, 1.807) is 65.0 Å². The minimum Gasteiger partial charge on any atom is -0.482 e. The van der Waals surface area contributed by atoms with Gasteiger partial charge in [-0.15, -0.1) is 13.2 Å². The zero-order valence-corrected chi connectivity index (χ0v) is 26.4. The van der Waals surface area contributed by atoms with Crippen molar-refractivity contribution in [3.63, 3.8) is 0 Å². The number of aromatic nitrogens is 1. The Balaban J connectivity index is 2.28. The van der Waals surface area contributed by atoms with Crippen molar-refractivity contribution in [1.82, 2.24) is 15.3 Å². The Morgan fingerprint density at radius 1 is 1.02 bits per heavy atom. The van der Waals surface area contributed by atoms with Gasteiger partial charge in [0, 0.05) is 30.4 Å². The summed E-state index contributed by atoms with van der Waals surface area (Å²) in [7, 11) is 0. The summed E-state index contributed by atoms with van der Waals surface area (Å²) in [6.07, 6.45) is 2.94. The summed E-state index contributed by atoms with van der Waals surface area (Å²) < 4.78 is 40.3. The molecular formula is C34H38F2N4O6. The van der Waals surface area contributed by atoms with Crippen LogP contribution in [0.15, 0.2) is 84.8 Å². The molecule has 3 amide bonds. The minimum absolute atomic E-state index is 0.0410. The minimum atomic E-state index is -0.978. The highest BCUT2D eigenvalue weighted by Gasteiger charge is 2.34. The van der Waals surface area contributed by atoms with Gasteiger partial charge in [-0.3, -0.25) is 14.4 Å². The highest BCUT2D eigenvalue weighted by atomic mass is 19.1. The van der Waals surface area contributed by atoms with E-state index in [9.17, 15) is 28.0 Å². The molecule has 0 fully saturated rings. The highest BCUT2D eigenvalue weighted by molar-refractivity contribution is 5.99. The number of rotatable bonds is 12. The average molecular weight is 637 g/mol. The second-order valence-electron chi connectivity index (χ2n) is 11.4. The third-order valence-corrected chi connectivity index (χ3v) is 6.54. The number of pyridine rings is 1. The SMILES string of the molecule is C=CC(C)NC(=O)c1c(OCc2ccccc2)c(=O)c(C(=O)NCc2ccc(F)cc2F)cn1N(C(=O)OC(C)(C)C)C(C)C=C. The summed E-state index contributed by atoms with van der Waals surface area (Å²) in [6, 6.07) is 10.2. The van der Waals surface area contributed by atoms with Crippen LogP contribution in [0.4, 0.5) is 13.6 Å². The smallest absolute Gasteiger partial charge is 0.430 e. The molecule has 2 unspecified atom stereocenters. The normalized spacial score (nSPS) is 12.3. The van der Waals surface area contributed by atoms with Gasteiger partial charge in [-0.25, -0.2) is 23.3 Å². The zero-order valence-electron chi connectivity index (χ0n) is 26.4. The van der Waals surface area contributed by atoms with Crippen LogP contribution in [-0.4, -0.2) is 40.3 Å². The second-order valence-corrected chi connectivity index (χ2v) is 11.4. The van der Waals surface area contributed by atoms with E-state index in [0.29, 0.717) is 11.6 Å². The fourth-order valence-corrected chi connectivity index (χ4v) is 4.11. The first-order valence-corrected chi connectivity index (χ1v) is 14.4. The van der Waals surface area contributed by atoms with Crippen LogP contribution in [0.2, 0.25) is 0 Å². The fraction of sp³-hybridized carbons (Fsp3) is 0.294. The molecule has 1 aromatic heterocycles. The molecule has 0 bridgehead atoms. The van der Waals surface area contributed by atoms with Crippen molar-refractivity contribution in [1.29, 1.82) is 0 Å². The number of carbonyl (C=O) groups is 3. The summed E-state index contributed by atoms with van der Waals surface area (Å²) in [5, 5.41) is 6.14. The van der Waals surface area contributed by atoms with Crippen molar-refractivity contribution in [3.05, 3.63) is 124 Å². The Morgan fingerprint density at radius 2 is 1.70 bits per heavy atom. The Hall–Kier alpha value is -5.26. The van der Waals surface area contributed by atoms with Gasteiger partial charge in [-0.05, 0) is 46.2 Å². The zero-order chi connectivity index (χ0) is 34.2. The molecule has 0 saturated heterocycles. The number of hydrogen-bond acceptors (Lipinski definition) is 6. The Labute approximate surface area is 266 Å². The van der Waals surface area contributed by atoms with E-state index in [1.807, 2.05) is 0 Å². The molecule has 0 aliphatic carbocycles. The molecule has 1 heterocycles. The number of halogens is 2. The third-order valence-electron chi connectivity index (χ3n) is 6.54. The molecule has 0 spiro atoms. The first-order chi connectivity index (χ1) is 21.7. The number of carbonyl (C=O) groups excluding carboxylic acids is 3. The maximum Gasteiger partial charge on any atom is 0.430 e. The van der Waals surface area contributed by atoms with Gasteiger partial charge >= 0.3 is 6.09 Å². The number of benzene rings is 2. The van der Waals surface area contributed by atoms with Crippen molar-refractivity contribution in [2.45, 2.75) is 65.5 Å². The fourth-order valence-electron chi connectivity index (χ4n) is 4.11. The first-order valence-electron chi connectivity index (χ1n) is 14.4. The van der Waals surface area contributed by atoms with E-state index >= 15 is 0 Å². The molecule has 12 heteroatoms. The van der Waals surface area contributed by atoms with E-state index in [2.05, 4.69) is 23.8 Å². The van der Waals surface area contributed by atoms with Crippen LogP contribution in [-0.2, 0) is 17.9 Å². The van der Waals surface area contributed by atoms with Gasteiger partial charge in [0.15, 0.2) is 11.4 Å². The molecule has 0 radical (unpaired) electrons. The van der Waals surface area contributed by atoms with Crippen molar-refractivity contribution in [3.8, 4) is 5.75 Å². The molecule has 46 heavy (non-hydrogen) atoms. The van der Waals surface area contributed by atoms with E-state index in [-0.39, 0.29) is 12.2 Å². The van der Waals surface area contributed by atoms with E-state index in [1.165, 1.54) is 12.2 Å². The summed E-state index contributed by atoms with van der Waals surface area (Å²) in [5.41, 5.74) is -2.29. The number of nitrogens with one attached hydrogen (secondary N) is 2. The van der Waals surface area contributed by atoms with Gasteiger partial charge in [-0.1, -0.05) is 48.6 Å². The standard InChI is InChI=1S/C34H38F2N4O6/c1-8-21(3)38-32(43)28-30(45-20-23-13-11-10-12-14-23)29(41)26(31(42)37-18-24-15-16-25(35)17-27(24)36)19-39(28)40(22(4)9-2)33(44)46-34(5,6)7/h8-17,19,21-22H,1-2,18,20H2,3-7H3,(H,37,42)(H,38,43). The number of hydrogen-bond donors (Lipinski definition) is 2. The van der Waals surface area contributed by atoms with E-state index in [4.69, 9.17) is 9.47 Å². The van der Waals surface area contributed by atoms with Gasteiger partial charge in [0.25, 0.3) is 11.8 Å². The van der Waals surface area contributed by atoms with Crippen LogP contribution in [0.3, 0.4) is 0 Å². The Bertz CT molecular complexity index is 1670.